The van der Waals surface area contributed by atoms with Gasteiger partial charge < -0.3 is 15.1 Å². The van der Waals surface area contributed by atoms with Gasteiger partial charge in [-0.1, -0.05) is 12.1 Å². The number of nitrogens with zero attached hydrogens (tertiary/aromatic N) is 2. The molecule has 21 heavy (non-hydrogen) atoms. The average molecular weight is 288 g/mol. The summed E-state index contributed by atoms with van der Waals surface area (Å²) in [5.41, 5.74) is 1.70. The maximum atomic E-state index is 11.7. The van der Waals surface area contributed by atoms with Gasteiger partial charge in [-0.2, -0.15) is 0 Å². The van der Waals surface area contributed by atoms with Gasteiger partial charge in [-0.05, 0) is 24.6 Å². The third kappa shape index (κ3) is 4.72. The summed E-state index contributed by atoms with van der Waals surface area (Å²) in [4.78, 5) is 23.4. The SMILES string of the molecule is Cc1cccc(NC(=O)CC(=O)NCc2nnc(C)o2)c1. The molecule has 0 saturated carbocycles. The van der Waals surface area contributed by atoms with Gasteiger partial charge in [-0.15, -0.1) is 10.2 Å². The van der Waals surface area contributed by atoms with Crippen LogP contribution in [-0.4, -0.2) is 22.0 Å². The number of rotatable bonds is 5. The Morgan fingerprint density at radius 3 is 2.67 bits per heavy atom. The molecule has 2 rings (SSSR count). The van der Waals surface area contributed by atoms with Crippen LogP contribution in [0.4, 0.5) is 5.69 Å². The zero-order chi connectivity index (χ0) is 15.2. The Morgan fingerprint density at radius 1 is 1.19 bits per heavy atom. The zero-order valence-electron chi connectivity index (χ0n) is 11.8. The Morgan fingerprint density at radius 2 is 2.00 bits per heavy atom. The van der Waals surface area contributed by atoms with E-state index in [0.29, 0.717) is 17.5 Å². The Labute approximate surface area is 121 Å². The fraction of sp³-hybridized carbons (Fsp3) is 0.286. The molecule has 110 valence electrons. The molecule has 0 radical (unpaired) electrons. The molecule has 2 aromatic rings. The fourth-order valence-corrected chi connectivity index (χ4v) is 1.72. The summed E-state index contributed by atoms with van der Waals surface area (Å²) in [5, 5.41) is 12.6. The summed E-state index contributed by atoms with van der Waals surface area (Å²) < 4.78 is 5.11. The van der Waals surface area contributed by atoms with Crippen molar-refractivity contribution in [3.63, 3.8) is 0 Å². The molecule has 0 aliphatic rings. The number of carbonyl (C=O) groups excluding carboxylic acids is 2. The van der Waals surface area contributed by atoms with Crippen LogP contribution in [0.15, 0.2) is 28.7 Å². The predicted molar refractivity (Wildman–Crippen MR) is 75.3 cm³/mol. The molecule has 0 fully saturated rings. The minimum absolute atomic E-state index is 0.109. The first-order valence-corrected chi connectivity index (χ1v) is 6.45. The smallest absolute Gasteiger partial charge is 0.235 e. The number of amides is 2. The number of hydrogen-bond donors (Lipinski definition) is 2. The third-order valence-corrected chi connectivity index (χ3v) is 2.63. The van der Waals surface area contributed by atoms with Gasteiger partial charge >= 0.3 is 0 Å². The number of benzene rings is 1. The van der Waals surface area contributed by atoms with Gasteiger partial charge in [0.2, 0.25) is 23.6 Å². The van der Waals surface area contributed by atoms with E-state index in [9.17, 15) is 9.59 Å². The van der Waals surface area contributed by atoms with Crippen molar-refractivity contribution in [3.05, 3.63) is 41.6 Å². The van der Waals surface area contributed by atoms with Gasteiger partial charge in [0, 0.05) is 12.6 Å². The third-order valence-electron chi connectivity index (χ3n) is 2.63. The zero-order valence-corrected chi connectivity index (χ0v) is 11.8. The Hall–Kier alpha value is -2.70. The molecular weight excluding hydrogens is 272 g/mol. The van der Waals surface area contributed by atoms with Gasteiger partial charge in [-0.25, -0.2) is 0 Å². The van der Waals surface area contributed by atoms with E-state index in [1.54, 1.807) is 13.0 Å². The minimum atomic E-state index is -0.406. The van der Waals surface area contributed by atoms with Crippen molar-refractivity contribution in [1.29, 1.82) is 0 Å². The first kappa shape index (κ1) is 14.7. The van der Waals surface area contributed by atoms with Crippen LogP contribution >= 0.6 is 0 Å². The van der Waals surface area contributed by atoms with E-state index in [1.807, 2.05) is 25.1 Å². The van der Waals surface area contributed by atoms with Crippen molar-refractivity contribution in [3.8, 4) is 0 Å². The highest BCUT2D eigenvalue weighted by molar-refractivity contribution is 6.03. The molecule has 0 spiro atoms. The summed E-state index contributed by atoms with van der Waals surface area (Å²) in [6.45, 7) is 3.69. The molecule has 0 unspecified atom stereocenters. The predicted octanol–water partition coefficient (Wildman–Crippen LogP) is 1.33. The summed E-state index contributed by atoms with van der Waals surface area (Å²) in [6.07, 6.45) is -0.263. The second kappa shape index (κ2) is 6.65. The fourth-order valence-electron chi connectivity index (χ4n) is 1.72. The van der Waals surface area contributed by atoms with Crippen LogP contribution in [0.1, 0.15) is 23.8 Å². The van der Waals surface area contributed by atoms with Crippen LogP contribution in [0.3, 0.4) is 0 Å². The van der Waals surface area contributed by atoms with Crippen molar-refractivity contribution in [1.82, 2.24) is 15.5 Å². The van der Waals surface area contributed by atoms with Gasteiger partial charge in [0.05, 0.1) is 6.54 Å². The van der Waals surface area contributed by atoms with Crippen molar-refractivity contribution in [2.24, 2.45) is 0 Å². The molecule has 7 nitrogen and oxygen atoms in total. The molecule has 1 aromatic heterocycles. The van der Waals surface area contributed by atoms with Crippen LogP contribution in [0, 0.1) is 13.8 Å². The number of aryl methyl sites for hydroxylation is 2. The van der Waals surface area contributed by atoms with E-state index in [0.717, 1.165) is 5.56 Å². The average Bonchev–Trinajstić information content (AvgIpc) is 2.82. The molecule has 1 heterocycles. The standard InChI is InChI=1S/C14H16N4O3/c1-9-4-3-5-11(6-9)16-13(20)7-12(19)15-8-14-18-17-10(2)21-14/h3-6H,7-8H2,1-2H3,(H,15,19)(H,16,20). The van der Waals surface area contributed by atoms with Crippen LogP contribution in [0.5, 0.6) is 0 Å². The Bertz CT molecular complexity index is 651. The van der Waals surface area contributed by atoms with E-state index in [-0.39, 0.29) is 18.9 Å². The summed E-state index contributed by atoms with van der Waals surface area (Å²) in [7, 11) is 0. The number of carbonyl (C=O) groups is 2. The number of nitrogens with one attached hydrogen (secondary N) is 2. The van der Waals surface area contributed by atoms with Crippen molar-refractivity contribution in [2.45, 2.75) is 26.8 Å². The number of aromatic nitrogens is 2. The molecule has 0 aliphatic heterocycles. The van der Waals surface area contributed by atoms with Crippen LogP contribution < -0.4 is 10.6 Å². The lowest BCUT2D eigenvalue weighted by Gasteiger charge is -2.06. The highest BCUT2D eigenvalue weighted by Gasteiger charge is 2.11. The van der Waals surface area contributed by atoms with E-state index in [1.165, 1.54) is 0 Å². The number of hydrogen-bond acceptors (Lipinski definition) is 5. The second-order valence-corrected chi connectivity index (χ2v) is 4.59. The maximum Gasteiger partial charge on any atom is 0.235 e. The summed E-state index contributed by atoms with van der Waals surface area (Å²) in [6, 6.07) is 7.36. The van der Waals surface area contributed by atoms with Gasteiger partial charge in [-0.3, -0.25) is 9.59 Å². The highest BCUT2D eigenvalue weighted by atomic mass is 16.4. The molecule has 0 aliphatic carbocycles. The Kier molecular flexibility index (Phi) is 4.65. The molecule has 0 bridgehead atoms. The van der Waals surface area contributed by atoms with Crippen molar-refractivity contribution < 1.29 is 14.0 Å². The van der Waals surface area contributed by atoms with Gasteiger partial charge in [0.15, 0.2) is 0 Å². The maximum absolute atomic E-state index is 11.7. The molecule has 7 heteroatoms. The molecule has 1 aromatic carbocycles. The first-order chi connectivity index (χ1) is 10.0. The van der Waals surface area contributed by atoms with Crippen LogP contribution in [0.25, 0.3) is 0 Å². The first-order valence-electron chi connectivity index (χ1n) is 6.45. The Balaban J connectivity index is 1.78. The van der Waals surface area contributed by atoms with E-state index >= 15 is 0 Å². The summed E-state index contributed by atoms with van der Waals surface area (Å²) in [5.74, 6) is -0.0489. The monoisotopic (exact) mass is 288 g/mol. The topological polar surface area (TPSA) is 97.1 Å². The molecule has 2 N–H and O–H groups in total. The van der Waals surface area contributed by atoms with E-state index < -0.39 is 5.91 Å². The number of anilines is 1. The van der Waals surface area contributed by atoms with Crippen molar-refractivity contribution in [2.75, 3.05) is 5.32 Å². The summed E-state index contributed by atoms with van der Waals surface area (Å²) >= 11 is 0. The van der Waals surface area contributed by atoms with Gasteiger partial charge in [0.25, 0.3) is 0 Å². The lowest BCUT2D eigenvalue weighted by Crippen LogP contribution is -2.27. The van der Waals surface area contributed by atoms with Gasteiger partial charge in [0.1, 0.15) is 6.42 Å². The largest absolute Gasteiger partial charge is 0.424 e. The lowest BCUT2D eigenvalue weighted by molar-refractivity contribution is -0.127. The van der Waals surface area contributed by atoms with Crippen molar-refractivity contribution >= 4 is 17.5 Å². The quantitative estimate of drug-likeness (QED) is 0.809. The van der Waals surface area contributed by atoms with Crippen LogP contribution in [0.2, 0.25) is 0 Å². The van der Waals surface area contributed by atoms with E-state index in [2.05, 4.69) is 20.8 Å². The molecular formula is C14H16N4O3. The minimum Gasteiger partial charge on any atom is -0.424 e. The normalized spacial score (nSPS) is 10.2. The van der Waals surface area contributed by atoms with Crippen LogP contribution in [-0.2, 0) is 16.1 Å². The second-order valence-electron chi connectivity index (χ2n) is 4.59. The molecule has 0 atom stereocenters. The molecule has 0 saturated heterocycles. The molecule has 2 amide bonds. The lowest BCUT2D eigenvalue weighted by atomic mass is 10.2. The highest BCUT2D eigenvalue weighted by Crippen LogP contribution is 2.09. The van der Waals surface area contributed by atoms with E-state index in [4.69, 9.17) is 4.42 Å².